The minimum Gasteiger partial charge on any atom is -0.469 e. The second-order valence-corrected chi connectivity index (χ2v) is 4.76. The van der Waals surface area contributed by atoms with Crippen molar-refractivity contribution in [1.82, 2.24) is 14.9 Å². The van der Waals surface area contributed by atoms with Crippen LogP contribution in [-0.4, -0.2) is 60.7 Å². The summed E-state index contributed by atoms with van der Waals surface area (Å²) in [5.74, 6) is 0.557. The van der Waals surface area contributed by atoms with Crippen molar-refractivity contribution in [3.8, 4) is 0 Å². The first kappa shape index (κ1) is 13.7. The Morgan fingerprint density at radius 1 is 1.32 bits per heavy atom. The van der Waals surface area contributed by atoms with Crippen molar-refractivity contribution in [3.63, 3.8) is 0 Å². The maximum absolute atomic E-state index is 11.4. The number of methoxy groups -OCH3 is 1. The quantitative estimate of drug-likeness (QED) is 0.734. The van der Waals surface area contributed by atoms with E-state index >= 15 is 0 Å². The van der Waals surface area contributed by atoms with Crippen molar-refractivity contribution in [2.45, 2.75) is 6.92 Å². The lowest BCUT2D eigenvalue weighted by Crippen LogP contribution is -2.48. The molecule has 0 amide bonds. The molecular weight excluding hydrogens is 244 g/mol. The number of carbonyl (C=O) groups excluding carboxylic acids is 1. The number of ether oxygens (including phenoxy) is 1. The molecule has 1 aliphatic heterocycles. The van der Waals surface area contributed by atoms with Crippen molar-refractivity contribution in [2.24, 2.45) is 5.92 Å². The van der Waals surface area contributed by atoms with Gasteiger partial charge in [0, 0.05) is 45.1 Å². The third-order valence-electron chi connectivity index (χ3n) is 3.34. The molecule has 2 heterocycles. The van der Waals surface area contributed by atoms with E-state index in [1.54, 1.807) is 12.4 Å². The SMILES string of the molecule is COC(=O)[C@H](C)CN1CCN(c2ncccn2)CC1. The predicted octanol–water partition coefficient (Wildman–Crippen LogP) is 0.408. The van der Waals surface area contributed by atoms with Crippen LogP contribution in [0.15, 0.2) is 18.5 Å². The maximum Gasteiger partial charge on any atom is 0.309 e. The second-order valence-electron chi connectivity index (χ2n) is 4.76. The number of anilines is 1. The van der Waals surface area contributed by atoms with Crippen LogP contribution in [-0.2, 0) is 9.53 Å². The summed E-state index contributed by atoms with van der Waals surface area (Å²) in [6.45, 7) is 6.25. The lowest BCUT2D eigenvalue weighted by molar-refractivity contribution is -0.145. The summed E-state index contributed by atoms with van der Waals surface area (Å²) in [7, 11) is 1.43. The third kappa shape index (κ3) is 3.64. The van der Waals surface area contributed by atoms with E-state index in [2.05, 4.69) is 19.8 Å². The Balaban J connectivity index is 1.81. The molecule has 6 nitrogen and oxygen atoms in total. The van der Waals surface area contributed by atoms with E-state index < -0.39 is 0 Å². The third-order valence-corrected chi connectivity index (χ3v) is 3.34. The van der Waals surface area contributed by atoms with Crippen molar-refractivity contribution < 1.29 is 9.53 Å². The van der Waals surface area contributed by atoms with Gasteiger partial charge in [0.25, 0.3) is 0 Å². The number of rotatable bonds is 4. The first-order chi connectivity index (χ1) is 9.20. The zero-order valence-corrected chi connectivity index (χ0v) is 11.5. The average molecular weight is 264 g/mol. The first-order valence-electron chi connectivity index (χ1n) is 6.53. The summed E-state index contributed by atoms with van der Waals surface area (Å²) in [6.07, 6.45) is 3.52. The number of nitrogens with zero attached hydrogens (tertiary/aromatic N) is 4. The van der Waals surface area contributed by atoms with Gasteiger partial charge in [0.2, 0.25) is 5.95 Å². The number of hydrogen-bond donors (Lipinski definition) is 0. The molecule has 0 bridgehead atoms. The van der Waals surface area contributed by atoms with Crippen molar-refractivity contribution >= 4 is 11.9 Å². The summed E-state index contributed by atoms with van der Waals surface area (Å²) in [5.41, 5.74) is 0. The molecule has 1 aromatic heterocycles. The lowest BCUT2D eigenvalue weighted by atomic mass is 10.1. The smallest absolute Gasteiger partial charge is 0.309 e. The highest BCUT2D eigenvalue weighted by Crippen LogP contribution is 2.11. The van der Waals surface area contributed by atoms with Gasteiger partial charge < -0.3 is 9.64 Å². The van der Waals surface area contributed by atoms with Crippen LogP contribution in [0.1, 0.15) is 6.92 Å². The van der Waals surface area contributed by atoms with Gasteiger partial charge in [-0.2, -0.15) is 0 Å². The van der Waals surface area contributed by atoms with Gasteiger partial charge in [-0.3, -0.25) is 9.69 Å². The van der Waals surface area contributed by atoms with E-state index in [4.69, 9.17) is 4.74 Å². The van der Waals surface area contributed by atoms with Gasteiger partial charge in [-0.15, -0.1) is 0 Å². The van der Waals surface area contributed by atoms with Gasteiger partial charge in [0.1, 0.15) is 0 Å². The molecule has 1 fully saturated rings. The summed E-state index contributed by atoms with van der Waals surface area (Å²) in [5, 5.41) is 0. The van der Waals surface area contributed by atoms with E-state index in [-0.39, 0.29) is 11.9 Å². The highest BCUT2D eigenvalue weighted by atomic mass is 16.5. The standard InChI is InChI=1S/C13H20N4O2/c1-11(12(18)19-2)10-16-6-8-17(9-7-16)13-14-4-3-5-15-13/h3-5,11H,6-10H2,1-2H3/t11-/m1/s1. The minimum absolute atomic E-state index is 0.0791. The van der Waals surface area contributed by atoms with E-state index in [1.165, 1.54) is 7.11 Å². The molecule has 0 saturated carbocycles. The Morgan fingerprint density at radius 2 is 1.95 bits per heavy atom. The van der Waals surface area contributed by atoms with Crippen molar-refractivity contribution in [2.75, 3.05) is 44.7 Å². The topological polar surface area (TPSA) is 58.6 Å². The molecule has 0 aromatic carbocycles. The highest BCUT2D eigenvalue weighted by Gasteiger charge is 2.22. The van der Waals surface area contributed by atoms with Gasteiger partial charge in [0.05, 0.1) is 13.0 Å². The average Bonchev–Trinajstić information content (AvgIpc) is 2.48. The Labute approximate surface area is 113 Å². The molecule has 104 valence electrons. The van der Waals surface area contributed by atoms with Gasteiger partial charge in [-0.05, 0) is 6.07 Å². The first-order valence-corrected chi connectivity index (χ1v) is 6.53. The van der Waals surface area contributed by atoms with E-state index in [0.717, 1.165) is 38.7 Å². The van der Waals surface area contributed by atoms with Crippen LogP contribution in [0.2, 0.25) is 0 Å². The van der Waals surface area contributed by atoms with E-state index in [1.807, 2.05) is 13.0 Å². The van der Waals surface area contributed by atoms with Crippen LogP contribution in [0, 0.1) is 5.92 Å². The molecule has 6 heteroatoms. The molecule has 0 spiro atoms. The van der Waals surface area contributed by atoms with Crippen LogP contribution in [0.4, 0.5) is 5.95 Å². The maximum atomic E-state index is 11.4. The van der Waals surface area contributed by atoms with E-state index in [9.17, 15) is 4.79 Å². The Kier molecular flexibility index (Phi) is 4.68. The molecule has 1 aromatic rings. The molecular formula is C13H20N4O2. The summed E-state index contributed by atoms with van der Waals surface area (Å²) in [4.78, 5) is 24.3. The number of piperazine rings is 1. The zero-order chi connectivity index (χ0) is 13.7. The van der Waals surface area contributed by atoms with Crippen LogP contribution in [0.3, 0.4) is 0 Å². The molecule has 1 atom stereocenters. The predicted molar refractivity (Wildman–Crippen MR) is 71.9 cm³/mol. The molecule has 19 heavy (non-hydrogen) atoms. The summed E-state index contributed by atoms with van der Waals surface area (Å²) < 4.78 is 4.75. The van der Waals surface area contributed by atoms with Gasteiger partial charge in [-0.1, -0.05) is 6.92 Å². The number of aromatic nitrogens is 2. The molecule has 0 N–H and O–H groups in total. The summed E-state index contributed by atoms with van der Waals surface area (Å²) in [6, 6.07) is 1.82. The normalized spacial score (nSPS) is 18.1. The molecule has 0 aliphatic carbocycles. The molecule has 1 aliphatic rings. The van der Waals surface area contributed by atoms with Crippen molar-refractivity contribution in [1.29, 1.82) is 0 Å². The number of carbonyl (C=O) groups is 1. The van der Waals surface area contributed by atoms with Crippen LogP contribution in [0.5, 0.6) is 0 Å². The van der Waals surface area contributed by atoms with Gasteiger partial charge in [-0.25, -0.2) is 9.97 Å². The zero-order valence-electron chi connectivity index (χ0n) is 11.5. The van der Waals surface area contributed by atoms with Crippen LogP contribution in [0.25, 0.3) is 0 Å². The fourth-order valence-electron chi connectivity index (χ4n) is 2.25. The molecule has 2 rings (SSSR count). The summed E-state index contributed by atoms with van der Waals surface area (Å²) >= 11 is 0. The number of hydrogen-bond acceptors (Lipinski definition) is 6. The minimum atomic E-state index is -0.145. The fourth-order valence-corrected chi connectivity index (χ4v) is 2.25. The van der Waals surface area contributed by atoms with E-state index in [0.29, 0.717) is 0 Å². The van der Waals surface area contributed by atoms with Crippen LogP contribution >= 0.6 is 0 Å². The Bertz CT molecular complexity index is 404. The lowest BCUT2D eigenvalue weighted by Gasteiger charge is -2.35. The Morgan fingerprint density at radius 3 is 2.53 bits per heavy atom. The van der Waals surface area contributed by atoms with Crippen molar-refractivity contribution in [3.05, 3.63) is 18.5 Å². The largest absolute Gasteiger partial charge is 0.469 e. The second kappa shape index (κ2) is 6.47. The highest BCUT2D eigenvalue weighted by molar-refractivity contribution is 5.72. The molecule has 0 unspecified atom stereocenters. The molecule has 1 saturated heterocycles. The van der Waals surface area contributed by atoms with Gasteiger partial charge >= 0.3 is 5.97 Å². The number of esters is 1. The van der Waals surface area contributed by atoms with Crippen LogP contribution < -0.4 is 4.90 Å². The molecule has 0 radical (unpaired) electrons. The monoisotopic (exact) mass is 264 g/mol. The fraction of sp³-hybridized carbons (Fsp3) is 0.615. The Hall–Kier alpha value is -1.69. The van der Waals surface area contributed by atoms with Gasteiger partial charge in [0.15, 0.2) is 0 Å².